The Morgan fingerprint density at radius 2 is 1.78 bits per heavy atom. The minimum absolute atomic E-state index is 0.380. The van der Waals surface area contributed by atoms with E-state index in [-0.39, 0.29) is 0 Å². The van der Waals surface area contributed by atoms with Crippen LogP contribution < -0.4 is 9.47 Å². The molecule has 0 fully saturated rings. The molecule has 4 nitrogen and oxygen atoms in total. The number of carbonyl (C=O) groups is 1. The van der Waals surface area contributed by atoms with Crippen molar-refractivity contribution >= 4 is 12.0 Å². The highest BCUT2D eigenvalue weighted by atomic mass is 16.6. The summed E-state index contributed by atoms with van der Waals surface area (Å²) in [6, 6.07) is 15.4. The van der Waals surface area contributed by atoms with Gasteiger partial charge >= 0.3 is 5.97 Å². The number of carboxylic acids is 1. The second kappa shape index (κ2) is 7.01. The van der Waals surface area contributed by atoms with Gasteiger partial charge in [0.25, 0.3) is 0 Å². The Kier molecular flexibility index (Phi) is 4.62. The predicted molar refractivity (Wildman–Crippen MR) is 87.8 cm³/mol. The van der Waals surface area contributed by atoms with Gasteiger partial charge in [-0.1, -0.05) is 36.4 Å². The molecule has 0 bridgehead atoms. The average Bonchev–Trinajstić information content (AvgIpc) is 2.59. The van der Waals surface area contributed by atoms with Gasteiger partial charge in [0.1, 0.15) is 13.2 Å². The van der Waals surface area contributed by atoms with Crippen LogP contribution in [-0.2, 0) is 11.2 Å². The first-order valence-electron chi connectivity index (χ1n) is 7.60. The molecule has 1 heterocycles. The normalized spacial score (nSPS) is 13.7. The summed E-state index contributed by atoms with van der Waals surface area (Å²) in [7, 11) is 0. The van der Waals surface area contributed by atoms with Crippen molar-refractivity contribution in [1.29, 1.82) is 0 Å². The van der Waals surface area contributed by atoms with Crippen LogP contribution >= 0.6 is 0 Å². The molecule has 2 aromatic carbocycles. The van der Waals surface area contributed by atoms with Crippen molar-refractivity contribution in [2.45, 2.75) is 12.8 Å². The summed E-state index contributed by atoms with van der Waals surface area (Å²) in [6.45, 7) is 1.06. The van der Waals surface area contributed by atoms with Gasteiger partial charge in [0.05, 0.1) is 0 Å². The van der Waals surface area contributed by atoms with E-state index in [1.54, 1.807) is 6.08 Å². The third-order valence-corrected chi connectivity index (χ3v) is 3.71. The fourth-order valence-electron chi connectivity index (χ4n) is 2.52. The molecule has 0 saturated heterocycles. The van der Waals surface area contributed by atoms with Gasteiger partial charge in [-0.2, -0.15) is 0 Å². The number of fused-ring (bicyclic) bond motifs is 1. The molecule has 1 aliphatic heterocycles. The fraction of sp³-hybridized carbons (Fsp3) is 0.211. The largest absolute Gasteiger partial charge is 0.486 e. The summed E-state index contributed by atoms with van der Waals surface area (Å²) >= 11 is 0. The van der Waals surface area contributed by atoms with Gasteiger partial charge in [0, 0.05) is 5.57 Å². The first-order valence-corrected chi connectivity index (χ1v) is 7.60. The molecular weight excluding hydrogens is 292 g/mol. The number of hydrogen-bond acceptors (Lipinski definition) is 3. The van der Waals surface area contributed by atoms with Crippen LogP contribution in [0, 0.1) is 0 Å². The number of aryl methyl sites for hydroxylation is 1. The van der Waals surface area contributed by atoms with Gasteiger partial charge in [0.15, 0.2) is 11.5 Å². The molecule has 0 unspecified atom stereocenters. The van der Waals surface area contributed by atoms with Crippen LogP contribution in [0.25, 0.3) is 6.08 Å². The van der Waals surface area contributed by atoms with Gasteiger partial charge in [-0.15, -0.1) is 0 Å². The molecule has 0 amide bonds. The van der Waals surface area contributed by atoms with E-state index >= 15 is 0 Å². The Morgan fingerprint density at radius 3 is 2.52 bits per heavy atom. The lowest BCUT2D eigenvalue weighted by molar-refractivity contribution is -0.132. The quantitative estimate of drug-likeness (QED) is 0.858. The Labute approximate surface area is 135 Å². The van der Waals surface area contributed by atoms with E-state index in [1.165, 1.54) is 0 Å². The molecule has 1 aliphatic rings. The third-order valence-electron chi connectivity index (χ3n) is 3.71. The molecule has 3 rings (SSSR count). The van der Waals surface area contributed by atoms with Crippen LogP contribution in [0.1, 0.15) is 17.5 Å². The molecule has 0 radical (unpaired) electrons. The SMILES string of the molecule is O=C(O)/C(=C/c1ccc2c(c1)OCCO2)CCc1ccccc1. The van der Waals surface area contributed by atoms with Crippen molar-refractivity contribution in [2.24, 2.45) is 0 Å². The zero-order chi connectivity index (χ0) is 16.1. The number of ether oxygens (including phenoxy) is 2. The number of hydrogen-bond donors (Lipinski definition) is 1. The molecular formula is C19H18O4. The number of carboxylic acid groups (broad SMARTS) is 1. The van der Waals surface area contributed by atoms with Crippen molar-refractivity contribution in [2.75, 3.05) is 13.2 Å². The van der Waals surface area contributed by atoms with E-state index < -0.39 is 5.97 Å². The maximum atomic E-state index is 11.5. The van der Waals surface area contributed by atoms with E-state index in [4.69, 9.17) is 9.47 Å². The molecule has 1 N–H and O–H groups in total. The molecule has 0 saturated carbocycles. The number of rotatable bonds is 5. The summed E-state index contributed by atoms with van der Waals surface area (Å²) in [6.07, 6.45) is 2.88. The zero-order valence-corrected chi connectivity index (χ0v) is 12.7. The Bertz CT molecular complexity index is 719. The van der Waals surface area contributed by atoms with Crippen molar-refractivity contribution < 1.29 is 19.4 Å². The summed E-state index contributed by atoms with van der Waals surface area (Å²) in [5.41, 5.74) is 2.31. The first kappa shape index (κ1) is 15.2. The highest BCUT2D eigenvalue weighted by Gasteiger charge is 2.13. The van der Waals surface area contributed by atoms with Crippen LogP contribution in [0.3, 0.4) is 0 Å². The smallest absolute Gasteiger partial charge is 0.331 e. The van der Waals surface area contributed by atoms with Crippen LogP contribution in [0.4, 0.5) is 0 Å². The Balaban J connectivity index is 1.77. The van der Waals surface area contributed by atoms with Crippen molar-refractivity contribution in [1.82, 2.24) is 0 Å². The van der Waals surface area contributed by atoms with E-state index in [0.717, 1.165) is 11.1 Å². The lowest BCUT2D eigenvalue weighted by Gasteiger charge is -2.18. The maximum Gasteiger partial charge on any atom is 0.331 e. The number of benzene rings is 2. The summed E-state index contributed by atoms with van der Waals surface area (Å²) < 4.78 is 11.0. The monoisotopic (exact) mass is 310 g/mol. The lowest BCUT2D eigenvalue weighted by Crippen LogP contribution is -2.15. The Morgan fingerprint density at radius 1 is 1.04 bits per heavy atom. The first-order chi connectivity index (χ1) is 11.2. The molecule has 23 heavy (non-hydrogen) atoms. The average molecular weight is 310 g/mol. The van der Waals surface area contributed by atoms with E-state index in [0.29, 0.717) is 43.1 Å². The highest BCUT2D eigenvalue weighted by Crippen LogP contribution is 2.31. The second-order valence-corrected chi connectivity index (χ2v) is 5.36. The molecule has 0 atom stereocenters. The van der Waals surface area contributed by atoms with E-state index in [1.807, 2.05) is 48.5 Å². The van der Waals surface area contributed by atoms with Crippen LogP contribution in [-0.4, -0.2) is 24.3 Å². The molecule has 0 aromatic heterocycles. The van der Waals surface area contributed by atoms with Crippen LogP contribution in [0.2, 0.25) is 0 Å². The van der Waals surface area contributed by atoms with Gasteiger partial charge in [-0.25, -0.2) is 4.79 Å². The molecule has 4 heteroatoms. The van der Waals surface area contributed by atoms with Crippen LogP contribution in [0.5, 0.6) is 11.5 Å². The molecule has 0 spiro atoms. The highest BCUT2D eigenvalue weighted by molar-refractivity contribution is 5.92. The Hall–Kier alpha value is -2.75. The zero-order valence-electron chi connectivity index (χ0n) is 12.7. The lowest BCUT2D eigenvalue weighted by atomic mass is 10.0. The van der Waals surface area contributed by atoms with Crippen molar-refractivity contribution in [3.63, 3.8) is 0 Å². The number of aliphatic carboxylic acids is 1. The van der Waals surface area contributed by atoms with E-state index in [2.05, 4.69) is 0 Å². The topological polar surface area (TPSA) is 55.8 Å². The van der Waals surface area contributed by atoms with Gasteiger partial charge in [-0.05, 0) is 42.2 Å². The standard InChI is InChI=1S/C19H18O4/c20-19(21)16(8-6-14-4-2-1-3-5-14)12-15-7-9-17-18(13-15)23-11-10-22-17/h1-5,7,9,12-13H,6,8,10-11H2,(H,20,21)/b16-12+. The second-order valence-electron chi connectivity index (χ2n) is 5.36. The van der Waals surface area contributed by atoms with Gasteiger partial charge < -0.3 is 14.6 Å². The summed E-state index contributed by atoms with van der Waals surface area (Å²) in [4.78, 5) is 11.5. The summed E-state index contributed by atoms with van der Waals surface area (Å²) in [5.74, 6) is 0.475. The molecule has 0 aliphatic carbocycles. The molecule has 118 valence electrons. The third kappa shape index (κ3) is 3.92. The van der Waals surface area contributed by atoms with Gasteiger partial charge in [0.2, 0.25) is 0 Å². The minimum atomic E-state index is -0.893. The van der Waals surface area contributed by atoms with E-state index in [9.17, 15) is 9.90 Å². The maximum absolute atomic E-state index is 11.5. The summed E-state index contributed by atoms with van der Waals surface area (Å²) in [5, 5.41) is 9.43. The predicted octanol–water partition coefficient (Wildman–Crippen LogP) is 3.56. The van der Waals surface area contributed by atoms with Crippen molar-refractivity contribution in [3.8, 4) is 11.5 Å². The fourth-order valence-corrected chi connectivity index (χ4v) is 2.52. The van der Waals surface area contributed by atoms with Gasteiger partial charge in [-0.3, -0.25) is 0 Å². The minimum Gasteiger partial charge on any atom is -0.486 e. The van der Waals surface area contributed by atoms with Crippen LogP contribution in [0.15, 0.2) is 54.1 Å². The van der Waals surface area contributed by atoms with Crippen molar-refractivity contribution in [3.05, 3.63) is 65.2 Å². The molecule has 2 aromatic rings.